The van der Waals surface area contributed by atoms with Crippen molar-refractivity contribution in [1.82, 2.24) is 24.1 Å². The number of rotatable bonds is 6. The van der Waals surface area contributed by atoms with Crippen molar-refractivity contribution in [3.63, 3.8) is 0 Å². The van der Waals surface area contributed by atoms with Crippen molar-refractivity contribution in [1.29, 1.82) is 0 Å². The Hall–Kier alpha value is -2.80. The lowest BCUT2D eigenvalue weighted by atomic mass is 10.2. The van der Waals surface area contributed by atoms with Gasteiger partial charge in [0.15, 0.2) is 11.0 Å². The first-order valence-corrected chi connectivity index (χ1v) is 8.89. The fourth-order valence-corrected chi connectivity index (χ4v) is 3.53. The molecule has 0 saturated carbocycles. The first-order valence-electron chi connectivity index (χ1n) is 7.90. The highest BCUT2D eigenvalue weighted by atomic mass is 32.2. The largest absolute Gasteiger partial charge is 0.469 e. The summed E-state index contributed by atoms with van der Waals surface area (Å²) in [4.78, 5) is 4.62. The van der Waals surface area contributed by atoms with E-state index in [4.69, 9.17) is 4.42 Å². The van der Waals surface area contributed by atoms with Gasteiger partial charge in [0.25, 0.3) is 0 Å². The number of fused-ring (bicyclic) bond motifs is 1. The molecule has 25 heavy (non-hydrogen) atoms. The van der Waals surface area contributed by atoms with Crippen LogP contribution in [0.25, 0.3) is 17.0 Å². The Kier molecular flexibility index (Phi) is 4.15. The molecule has 0 N–H and O–H groups in total. The third-order valence-electron chi connectivity index (χ3n) is 3.89. The van der Waals surface area contributed by atoms with Crippen LogP contribution in [0.3, 0.4) is 0 Å². The van der Waals surface area contributed by atoms with Gasteiger partial charge in [-0.15, -0.1) is 16.8 Å². The minimum atomic E-state index is 0.639. The molecule has 0 bridgehead atoms. The summed E-state index contributed by atoms with van der Waals surface area (Å²) in [5.74, 6) is 2.35. The Labute approximate surface area is 149 Å². The van der Waals surface area contributed by atoms with Gasteiger partial charge < -0.3 is 8.82 Å². The number of pyridine rings is 1. The van der Waals surface area contributed by atoms with E-state index in [9.17, 15) is 0 Å². The molecule has 126 valence electrons. The summed E-state index contributed by atoms with van der Waals surface area (Å²) in [6.07, 6.45) is 7.55. The maximum Gasteiger partial charge on any atom is 0.192 e. The number of nitrogens with zero attached hydrogens (tertiary/aromatic N) is 5. The Morgan fingerprint density at radius 2 is 2.20 bits per heavy atom. The molecule has 0 aliphatic carbocycles. The molecular weight excluding hydrogens is 334 g/mol. The van der Waals surface area contributed by atoms with Gasteiger partial charge in [-0.25, -0.2) is 4.98 Å². The van der Waals surface area contributed by atoms with Crippen LogP contribution >= 0.6 is 11.8 Å². The van der Waals surface area contributed by atoms with Crippen molar-refractivity contribution < 1.29 is 4.42 Å². The molecule has 6 nitrogen and oxygen atoms in total. The summed E-state index contributed by atoms with van der Waals surface area (Å²) in [5.41, 5.74) is 2.90. The highest BCUT2D eigenvalue weighted by Crippen LogP contribution is 2.28. The Morgan fingerprint density at radius 3 is 2.96 bits per heavy atom. The minimum absolute atomic E-state index is 0.639. The molecule has 4 aromatic heterocycles. The predicted molar refractivity (Wildman–Crippen MR) is 97.4 cm³/mol. The number of furan rings is 1. The van der Waals surface area contributed by atoms with Gasteiger partial charge in [0, 0.05) is 24.7 Å². The van der Waals surface area contributed by atoms with Crippen LogP contribution in [0.1, 0.15) is 11.5 Å². The number of aryl methyl sites for hydroxylation is 1. The number of thioether (sulfide) groups is 1. The van der Waals surface area contributed by atoms with Crippen molar-refractivity contribution in [2.75, 3.05) is 0 Å². The van der Waals surface area contributed by atoms with Gasteiger partial charge in [-0.3, -0.25) is 4.57 Å². The molecule has 0 aliphatic heterocycles. The number of allylic oxidation sites excluding steroid dienone is 1. The van der Waals surface area contributed by atoms with E-state index in [-0.39, 0.29) is 0 Å². The summed E-state index contributed by atoms with van der Waals surface area (Å²) >= 11 is 1.61. The quantitative estimate of drug-likeness (QED) is 0.388. The van der Waals surface area contributed by atoms with Gasteiger partial charge >= 0.3 is 0 Å². The van der Waals surface area contributed by atoms with Crippen LogP contribution in [0.5, 0.6) is 0 Å². The van der Waals surface area contributed by atoms with E-state index in [0.29, 0.717) is 6.54 Å². The smallest absolute Gasteiger partial charge is 0.192 e. The summed E-state index contributed by atoms with van der Waals surface area (Å²) in [6, 6.07) is 7.88. The van der Waals surface area contributed by atoms with Crippen LogP contribution in [0.4, 0.5) is 0 Å². The summed E-state index contributed by atoms with van der Waals surface area (Å²) in [7, 11) is 0. The van der Waals surface area contributed by atoms with Crippen molar-refractivity contribution in [2.24, 2.45) is 0 Å². The predicted octanol–water partition coefficient (Wildman–Crippen LogP) is 3.97. The maximum absolute atomic E-state index is 5.40. The first-order chi connectivity index (χ1) is 12.3. The zero-order chi connectivity index (χ0) is 17.2. The first kappa shape index (κ1) is 15.7. The van der Waals surface area contributed by atoms with E-state index in [2.05, 4.69) is 21.8 Å². The second-order valence-corrected chi connectivity index (χ2v) is 6.53. The molecule has 4 rings (SSSR count). The van der Waals surface area contributed by atoms with E-state index in [1.807, 2.05) is 58.6 Å². The number of hydrogen-bond donors (Lipinski definition) is 0. The normalized spacial score (nSPS) is 11.2. The van der Waals surface area contributed by atoms with E-state index < -0.39 is 0 Å². The average Bonchev–Trinajstić information content (AvgIpc) is 3.31. The van der Waals surface area contributed by atoms with E-state index in [0.717, 1.165) is 39.4 Å². The average molecular weight is 351 g/mol. The van der Waals surface area contributed by atoms with Gasteiger partial charge in [0.05, 0.1) is 17.5 Å². The molecule has 7 heteroatoms. The third kappa shape index (κ3) is 2.98. The summed E-state index contributed by atoms with van der Waals surface area (Å²) in [5, 5.41) is 9.54. The van der Waals surface area contributed by atoms with Crippen LogP contribution in [0.15, 0.2) is 65.2 Å². The van der Waals surface area contributed by atoms with Gasteiger partial charge in [-0.2, -0.15) is 0 Å². The van der Waals surface area contributed by atoms with Gasteiger partial charge in [0.2, 0.25) is 0 Å². The van der Waals surface area contributed by atoms with Gasteiger partial charge in [-0.1, -0.05) is 23.9 Å². The van der Waals surface area contributed by atoms with Crippen LogP contribution in [-0.4, -0.2) is 24.1 Å². The van der Waals surface area contributed by atoms with Crippen LogP contribution in [0.2, 0.25) is 0 Å². The van der Waals surface area contributed by atoms with Crippen molar-refractivity contribution in [2.45, 2.75) is 24.4 Å². The molecule has 4 heterocycles. The van der Waals surface area contributed by atoms with Crippen LogP contribution < -0.4 is 0 Å². The molecule has 0 unspecified atom stereocenters. The van der Waals surface area contributed by atoms with Crippen LogP contribution in [-0.2, 0) is 12.3 Å². The topological polar surface area (TPSA) is 61.2 Å². The summed E-state index contributed by atoms with van der Waals surface area (Å²) in [6.45, 7) is 6.41. The zero-order valence-corrected chi connectivity index (χ0v) is 14.6. The molecule has 0 radical (unpaired) electrons. The van der Waals surface area contributed by atoms with Gasteiger partial charge in [-0.05, 0) is 25.1 Å². The molecule has 0 spiro atoms. The van der Waals surface area contributed by atoms with Crippen molar-refractivity contribution in [3.05, 3.63) is 67.0 Å². The monoisotopic (exact) mass is 351 g/mol. The van der Waals surface area contributed by atoms with Crippen molar-refractivity contribution >= 4 is 17.4 Å². The molecule has 0 aliphatic rings. The Bertz CT molecular complexity index is 996. The van der Waals surface area contributed by atoms with E-state index in [1.54, 1.807) is 18.0 Å². The fourth-order valence-electron chi connectivity index (χ4n) is 2.70. The molecule has 0 aromatic carbocycles. The van der Waals surface area contributed by atoms with Crippen molar-refractivity contribution in [3.8, 4) is 11.4 Å². The SMILES string of the molecule is C=CCn1c(SCc2cn3ccccc3n2)nnc1-c1ccoc1C. The fraction of sp³-hybridized carbons (Fsp3) is 0.167. The second kappa shape index (κ2) is 6.60. The molecule has 0 saturated heterocycles. The Balaban J connectivity index is 1.60. The Morgan fingerprint density at radius 1 is 1.28 bits per heavy atom. The third-order valence-corrected chi connectivity index (χ3v) is 4.89. The lowest BCUT2D eigenvalue weighted by Crippen LogP contribution is -2.00. The maximum atomic E-state index is 5.40. The minimum Gasteiger partial charge on any atom is -0.469 e. The lowest BCUT2D eigenvalue weighted by molar-refractivity contribution is 0.534. The zero-order valence-electron chi connectivity index (χ0n) is 13.8. The van der Waals surface area contributed by atoms with E-state index >= 15 is 0 Å². The molecule has 4 aromatic rings. The highest BCUT2D eigenvalue weighted by molar-refractivity contribution is 7.98. The molecule has 0 amide bonds. The second-order valence-electron chi connectivity index (χ2n) is 5.58. The standard InChI is InChI=1S/C18H17N5OS/c1-3-8-23-17(15-7-10-24-13(15)2)20-21-18(23)25-12-14-11-22-9-5-4-6-16(22)19-14/h3-7,9-11H,1,8,12H2,2H3. The van der Waals surface area contributed by atoms with Gasteiger partial charge in [0.1, 0.15) is 11.4 Å². The molecule has 0 fully saturated rings. The molecule has 0 atom stereocenters. The van der Waals surface area contributed by atoms with Crippen LogP contribution in [0, 0.1) is 6.92 Å². The number of hydrogen-bond acceptors (Lipinski definition) is 5. The molecular formula is C18H17N5OS. The summed E-state index contributed by atoms with van der Waals surface area (Å²) < 4.78 is 9.46. The highest BCUT2D eigenvalue weighted by Gasteiger charge is 2.17. The lowest BCUT2D eigenvalue weighted by Gasteiger charge is -2.06. The number of imidazole rings is 1. The number of aromatic nitrogens is 5. The van der Waals surface area contributed by atoms with E-state index in [1.165, 1.54) is 0 Å².